The van der Waals surface area contributed by atoms with Gasteiger partial charge in [-0.2, -0.15) is 0 Å². The van der Waals surface area contributed by atoms with Gasteiger partial charge in [-0.15, -0.1) is 0 Å². The molecule has 0 spiro atoms. The first-order valence-corrected chi connectivity index (χ1v) is 2.96. The third-order valence-corrected chi connectivity index (χ3v) is 1.45. The molecule has 1 rings (SSSR count). The normalized spacial score (nSPS) is 19.0. The first-order chi connectivity index (χ1) is 4.22. The smallest absolute Gasteiger partial charge is 0.121 e. The highest BCUT2D eigenvalue weighted by Gasteiger charge is 2.04. The lowest BCUT2D eigenvalue weighted by Gasteiger charge is -2.08. The zero-order chi connectivity index (χ0) is 6.85. The summed E-state index contributed by atoms with van der Waals surface area (Å²) in [6.45, 7) is 5.56. The van der Waals surface area contributed by atoms with Gasteiger partial charge in [-0.3, -0.25) is 0 Å². The van der Waals surface area contributed by atoms with Crippen molar-refractivity contribution >= 4 is 0 Å². The van der Waals surface area contributed by atoms with Crippen LogP contribution in [-0.4, -0.2) is 5.11 Å². The summed E-state index contributed by atoms with van der Waals surface area (Å²) in [5, 5.41) is 9.18. The molecule has 0 aromatic heterocycles. The van der Waals surface area contributed by atoms with E-state index in [4.69, 9.17) is 0 Å². The lowest BCUT2D eigenvalue weighted by Crippen LogP contribution is -1.93. The summed E-state index contributed by atoms with van der Waals surface area (Å²) in [7, 11) is 0. The molecule has 0 atom stereocenters. The number of aliphatic hydroxyl groups excluding tert-OH is 1. The fourth-order valence-electron chi connectivity index (χ4n) is 0.828. The maximum absolute atomic E-state index is 9.18. The molecule has 1 aliphatic carbocycles. The van der Waals surface area contributed by atoms with Crippen molar-refractivity contribution in [3.63, 3.8) is 0 Å². The van der Waals surface area contributed by atoms with Crippen LogP contribution in [0.2, 0.25) is 0 Å². The number of hydrogen-bond donors (Lipinski definition) is 1. The van der Waals surface area contributed by atoms with Crippen LogP contribution < -0.4 is 0 Å². The molecule has 0 bridgehead atoms. The molecule has 1 N–H and O–H groups in total. The molecule has 0 heterocycles. The Kier molecular flexibility index (Phi) is 1.43. The van der Waals surface area contributed by atoms with Crippen LogP contribution in [0.5, 0.6) is 0 Å². The summed E-state index contributed by atoms with van der Waals surface area (Å²) < 4.78 is 0. The summed E-state index contributed by atoms with van der Waals surface area (Å²) in [4.78, 5) is 0. The van der Waals surface area contributed by atoms with Crippen molar-refractivity contribution < 1.29 is 5.11 Å². The molecule has 0 aliphatic heterocycles. The van der Waals surface area contributed by atoms with E-state index in [9.17, 15) is 5.11 Å². The summed E-state index contributed by atoms with van der Waals surface area (Å²) in [5.41, 5.74) is 1.72. The Morgan fingerprint density at radius 3 is 2.78 bits per heavy atom. The van der Waals surface area contributed by atoms with Gasteiger partial charge in [0.15, 0.2) is 0 Å². The number of hydrogen-bond acceptors (Lipinski definition) is 1. The first kappa shape index (κ1) is 6.14. The van der Waals surface area contributed by atoms with Gasteiger partial charge in [-0.05, 0) is 18.9 Å². The third-order valence-electron chi connectivity index (χ3n) is 1.45. The van der Waals surface area contributed by atoms with Crippen LogP contribution in [0, 0.1) is 0 Å². The largest absolute Gasteiger partial charge is 0.507 e. The quantitative estimate of drug-likeness (QED) is 0.522. The van der Waals surface area contributed by atoms with Gasteiger partial charge in [0.25, 0.3) is 0 Å². The maximum atomic E-state index is 9.18. The second-order valence-corrected chi connectivity index (χ2v) is 2.26. The van der Waals surface area contributed by atoms with Gasteiger partial charge in [-0.1, -0.05) is 18.7 Å². The Morgan fingerprint density at radius 1 is 1.67 bits per heavy atom. The lowest BCUT2D eigenvalue weighted by molar-refractivity contribution is 0.417. The minimum atomic E-state index is 0.359. The van der Waals surface area contributed by atoms with Crippen molar-refractivity contribution in [2.75, 3.05) is 0 Å². The highest BCUT2D eigenvalue weighted by Crippen LogP contribution is 2.19. The molecule has 1 heteroatoms. The van der Waals surface area contributed by atoms with E-state index < -0.39 is 0 Å². The molecule has 0 unspecified atom stereocenters. The molecule has 1 aliphatic rings. The molecule has 0 fully saturated rings. The van der Waals surface area contributed by atoms with Crippen LogP contribution in [0.3, 0.4) is 0 Å². The van der Waals surface area contributed by atoms with Crippen LogP contribution in [-0.2, 0) is 0 Å². The van der Waals surface area contributed by atoms with Gasteiger partial charge in [0.05, 0.1) is 0 Å². The first-order valence-electron chi connectivity index (χ1n) is 2.96. The Balaban J connectivity index is 2.92. The van der Waals surface area contributed by atoms with E-state index in [1.807, 2.05) is 19.1 Å². The molecule has 0 saturated heterocycles. The van der Waals surface area contributed by atoms with Gasteiger partial charge in [0, 0.05) is 5.57 Å². The van der Waals surface area contributed by atoms with Crippen LogP contribution in [0.15, 0.2) is 35.6 Å². The number of rotatable bonds is 0. The van der Waals surface area contributed by atoms with E-state index >= 15 is 0 Å². The summed E-state index contributed by atoms with van der Waals surface area (Å²) in [6, 6.07) is 0. The Hall–Kier alpha value is -0.980. The molecule has 0 radical (unpaired) electrons. The molecule has 9 heavy (non-hydrogen) atoms. The van der Waals surface area contributed by atoms with Crippen molar-refractivity contribution in [3.05, 3.63) is 35.6 Å². The fourth-order valence-corrected chi connectivity index (χ4v) is 0.828. The summed E-state index contributed by atoms with van der Waals surface area (Å²) >= 11 is 0. The molecule has 0 aromatic rings. The SMILES string of the molecule is C=C1C=CCC(C)=C1O. The fraction of sp³-hybridized carbons (Fsp3) is 0.250. The Morgan fingerprint density at radius 2 is 2.33 bits per heavy atom. The van der Waals surface area contributed by atoms with Crippen molar-refractivity contribution in [1.29, 1.82) is 0 Å². The minimum Gasteiger partial charge on any atom is -0.507 e. The van der Waals surface area contributed by atoms with Gasteiger partial charge in [0.2, 0.25) is 0 Å². The van der Waals surface area contributed by atoms with E-state index in [-0.39, 0.29) is 0 Å². The lowest BCUT2D eigenvalue weighted by atomic mass is 10.0. The van der Waals surface area contributed by atoms with E-state index in [1.165, 1.54) is 0 Å². The van der Waals surface area contributed by atoms with Crippen molar-refractivity contribution in [2.24, 2.45) is 0 Å². The maximum Gasteiger partial charge on any atom is 0.121 e. The highest BCUT2D eigenvalue weighted by atomic mass is 16.3. The van der Waals surface area contributed by atoms with Gasteiger partial charge < -0.3 is 5.11 Å². The average Bonchev–Trinajstić information content (AvgIpc) is 1.83. The van der Waals surface area contributed by atoms with Gasteiger partial charge >= 0.3 is 0 Å². The predicted octanol–water partition coefficient (Wildman–Crippen LogP) is 2.33. The second kappa shape index (κ2) is 2.09. The molecule has 0 amide bonds. The molecular weight excluding hydrogens is 112 g/mol. The molecular formula is C8H10O. The monoisotopic (exact) mass is 122 g/mol. The van der Waals surface area contributed by atoms with Crippen LogP contribution in [0.1, 0.15) is 13.3 Å². The highest BCUT2D eigenvalue weighted by molar-refractivity contribution is 5.39. The van der Waals surface area contributed by atoms with E-state index in [0.717, 1.165) is 17.6 Å². The second-order valence-electron chi connectivity index (χ2n) is 2.26. The van der Waals surface area contributed by atoms with E-state index in [0.29, 0.717) is 5.76 Å². The van der Waals surface area contributed by atoms with E-state index in [2.05, 4.69) is 6.58 Å². The Bertz CT molecular complexity index is 197. The minimum absolute atomic E-state index is 0.359. The van der Waals surface area contributed by atoms with Crippen molar-refractivity contribution in [3.8, 4) is 0 Å². The summed E-state index contributed by atoms with van der Waals surface area (Å²) in [5.74, 6) is 0.359. The molecule has 1 nitrogen and oxygen atoms in total. The predicted molar refractivity (Wildman–Crippen MR) is 38.2 cm³/mol. The summed E-state index contributed by atoms with van der Waals surface area (Å²) in [6.07, 6.45) is 4.69. The van der Waals surface area contributed by atoms with Crippen LogP contribution >= 0.6 is 0 Å². The average molecular weight is 122 g/mol. The molecule has 0 aromatic carbocycles. The van der Waals surface area contributed by atoms with Crippen LogP contribution in [0.25, 0.3) is 0 Å². The molecule has 0 saturated carbocycles. The third kappa shape index (κ3) is 1.04. The number of aliphatic hydroxyl groups is 1. The van der Waals surface area contributed by atoms with Crippen LogP contribution in [0.4, 0.5) is 0 Å². The van der Waals surface area contributed by atoms with E-state index in [1.54, 1.807) is 0 Å². The van der Waals surface area contributed by atoms with Crippen molar-refractivity contribution in [2.45, 2.75) is 13.3 Å². The van der Waals surface area contributed by atoms with Gasteiger partial charge in [-0.25, -0.2) is 0 Å². The Labute approximate surface area is 55.0 Å². The zero-order valence-electron chi connectivity index (χ0n) is 5.52. The molecule has 48 valence electrons. The standard InChI is InChI=1S/C8H10O/c1-6-4-3-5-7(2)8(6)9/h3-4,9H,1,5H2,2H3. The van der Waals surface area contributed by atoms with Crippen molar-refractivity contribution in [1.82, 2.24) is 0 Å². The zero-order valence-corrected chi connectivity index (χ0v) is 5.52. The topological polar surface area (TPSA) is 20.2 Å². The number of allylic oxidation sites excluding steroid dienone is 3. The van der Waals surface area contributed by atoms with Gasteiger partial charge in [0.1, 0.15) is 5.76 Å².